The number of nitrogens with zero attached hydrogens (tertiary/aromatic N) is 5. The number of amides is 1. The third kappa shape index (κ3) is 4.75. The van der Waals surface area contributed by atoms with Crippen molar-refractivity contribution in [1.29, 1.82) is 0 Å². The molecular formula is C21H26FN5O2. The van der Waals surface area contributed by atoms with Gasteiger partial charge in [0.25, 0.3) is 5.91 Å². The molecule has 1 amide bonds. The first-order chi connectivity index (χ1) is 14.1. The fraction of sp³-hybridized carbons (Fsp3) is 0.476. The number of carbonyl (C=O) groups excluding carboxylic acids is 1. The number of carbonyl (C=O) groups is 1. The van der Waals surface area contributed by atoms with Crippen LogP contribution in [0.15, 0.2) is 30.3 Å². The minimum Gasteiger partial charge on any atom is -0.484 e. The number of anilines is 2. The second-order valence-corrected chi connectivity index (χ2v) is 7.47. The van der Waals surface area contributed by atoms with Gasteiger partial charge in [-0.15, -0.1) is 0 Å². The van der Waals surface area contributed by atoms with E-state index in [1.54, 1.807) is 4.90 Å². The molecule has 0 atom stereocenters. The van der Waals surface area contributed by atoms with E-state index in [0.717, 1.165) is 30.5 Å². The monoisotopic (exact) mass is 399 g/mol. The van der Waals surface area contributed by atoms with Crippen molar-refractivity contribution in [2.45, 2.75) is 19.8 Å². The summed E-state index contributed by atoms with van der Waals surface area (Å²) in [7, 11) is 0. The molecule has 0 bridgehead atoms. The molecule has 2 fully saturated rings. The van der Waals surface area contributed by atoms with Crippen LogP contribution in [0.4, 0.5) is 16.2 Å². The molecule has 3 heterocycles. The van der Waals surface area contributed by atoms with Gasteiger partial charge in [-0.1, -0.05) is 0 Å². The summed E-state index contributed by atoms with van der Waals surface area (Å²) in [6, 6.07) is 7.72. The molecule has 0 saturated carbocycles. The van der Waals surface area contributed by atoms with Gasteiger partial charge in [0, 0.05) is 51.0 Å². The number of benzene rings is 1. The van der Waals surface area contributed by atoms with E-state index in [0.29, 0.717) is 31.9 Å². The standard InChI is InChI=1S/C21H26FN5O2/c1-16-14-19(25-8-2-3-9-25)24-21(23-16)27-12-10-26(11-13-27)20(28)15-29-18-6-4-17(22)5-7-18/h4-7,14H,2-3,8-13,15H2,1H3. The van der Waals surface area contributed by atoms with Gasteiger partial charge in [0.05, 0.1) is 0 Å². The highest BCUT2D eigenvalue weighted by Gasteiger charge is 2.24. The molecular weight excluding hydrogens is 373 g/mol. The Balaban J connectivity index is 1.32. The molecule has 0 unspecified atom stereocenters. The maximum Gasteiger partial charge on any atom is 0.260 e. The zero-order valence-corrected chi connectivity index (χ0v) is 16.7. The van der Waals surface area contributed by atoms with Crippen LogP contribution >= 0.6 is 0 Å². The smallest absolute Gasteiger partial charge is 0.260 e. The summed E-state index contributed by atoms with van der Waals surface area (Å²) in [5.41, 5.74) is 0.961. The van der Waals surface area contributed by atoms with Gasteiger partial charge in [-0.2, -0.15) is 4.98 Å². The Hall–Kier alpha value is -2.90. The van der Waals surface area contributed by atoms with E-state index >= 15 is 0 Å². The zero-order valence-electron chi connectivity index (χ0n) is 16.7. The van der Waals surface area contributed by atoms with E-state index in [1.807, 2.05) is 13.0 Å². The molecule has 0 aliphatic carbocycles. The van der Waals surface area contributed by atoms with Crippen molar-refractivity contribution in [3.05, 3.63) is 41.8 Å². The van der Waals surface area contributed by atoms with Crippen molar-refractivity contribution >= 4 is 17.7 Å². The number of rotatable bonds is 5. The van der Waals surface area contributed by atoms with Gasteiger partial charge in [-0.05, 0) is 44.0 Å². The largest absolute Gasteiger partial charge is 0.484 e. The maximum atomic E-state index is 12.9. The molecule has 29 heavy (non-hydrogen) atoms. The number of aromatic nitrogens is 2. The van der Waals surface area contributed by atoms with Crippen LogP contribution in [0.2, 0.25) is 0 Å². The van der Waals surface area contributed by atoms with E-state index in [9.17, 15) is 9.18 Å². The Labute approximate surface area is 170 Å². The number of halogens is 1. The number of hydrogen-bond acceptors (Lipinski definition) is 6. The van der Waals surface area contributed by atoms with Crippen molar-refractivity contribution in [3.8, 4) is 5.75 Å². The number of hydrogen-bond donors (Lipinski definition) is 0. The summed E-state index contributed by atoms with van der Waals surface area (Å²) in [5.74, 6) is 1.82. The lowest BCUT2D eigenvalue weighted by Crippen LogP contribution is -2.50. The topological polar surface area (TPSA) is 61.8 Å². The second kappa shape index (κ2) is 8.63. The summed E-state index contributed by atoms with van der Waals surface area (Å²) in [6.45, 7) is 6.61. The maximum absolute atomic E-state index is 12.9. The fourth-order valence-electron chi connectivity index (χ4n) is 3.71. The first-order valence-corrected chi connectivity index (χ1v) is 10.1. The Bertz CT molecular complexity index is 847. The van der Waals surface area contributed by atoms with Crippen LogP contribution in [0.5, 0.6) is 5.75 Å². The van der Waals surface area contributed by atoms with Crippen LogP contribution in [-0.4, -0.2) is 66.7 Å². The van der Waals surface area contributed by atoms with Crippen LogP contribution in [0, 0.1) is 12.7 Å². The molecule has 7 nitrogen and oxygen atoms in total. The van der Waals surface area contributed by atoms with Crippen LogP contribution in [-0.2, 0) is 4.79 Å². The van der Waals surface area contributed by atoms with Crippen LogP contribution in [0.1, 0.15) is 18.5 Å². The average Bonchev–Trinajstić information content (AvgIpc) is 3.28. The van der Waals surface area contributed by atoms with Crippen LogP contribution in [0.3, 0.4) is 0 Å². The van der Waals surface area contributed by atoms with Gasteiger partial charge in [-0.25, -0.2) is 9.37 Å². The van der Waals surface area contributed by atoms with Crippen molar-refractivity contribution in [2.75, 3.05) is 55.7 Å². The van der Waals surface area contributed by atoms with E-state index in [2.05, 4.69) is 14.8 Å². The first-order valence-electron chi connectivity index (χ1n) is 10.1. The molecule has 2 saturated heterocycles. The van der Waals surface area contributed by atoms with Gasteiger partial charge in [0.1, 0.15) is 17.4 Å². The SMILES string of the molecule is Cc1cc(N2CCCC2)nc(N2CCN(C(=O)COc3ccc(F)cc3)CC2)n1. The average molecular weight is 399 g/mol. The van der Waals surface area contributed by atoms with Crippen molar-refractivity contribution in [2.24, 2.45) is 0 Å². The van der Waals surface area contributed by atoms with Crippen molar-refractivity contribution in [1.82, 2.24) is 14.9 Å². The molecule has 8 heteroatoms. The minimum atomic E-state index is -0.328. The zero-order chi connectivity index (χ0) is 20.2. The van der Waals surface area contributed by atoms with E-state index in [-0.39, 0.29) is 18.3 Å². The lowest BCUT2D eigenvalue weighted by atomic mass is 10.3. The summed E-state index contributed by atoms with van der Waals surface area (Å²) >= 11 is 0. The Morgan fingerprint density at radius 2 is 1.69 bits per heavy atom. The highest BCUT2D eigenvalue weighted by atomic mass is 19.1. The fourth-order valence-corrected chi connectivity index (χ4v) is 3.71. The molecule has 2 aromatic rings. The Morgan fingerprint density at radius 1 is 1.00 bits per heavy atom. The van der Waals surface area contributed by atoms with Gasteiger partial charge < -0.3 is 19.4 Å². The van der Waals surface area contributed by atoms with Crippen LogP contribution in [0.25, 0.3) is 0 Å². The minimum absolute atomic E-state index is 0.0499. The molecule has 2 aliphatic heterocycles. The van der Waals surface area contributed by atoms with Gasteiger partial charge in [0.2, 0.25) is 5.95 Å². The summed E-state index contributed by atoms with van der Waals surface area (Å²) in [4.78, 5) is 28.1. The molecule has 0 N–H and O–H groups in total. The highest BCUT2D eigenvalue weighted by Crippen LogP contribution is 2.22. The lowest BCUT2D eigenvalue weighted by molar-refractivity contribution is -0.133. The van der Waals surface area contributed by atoms with E-state index < -0.39 is 0 Å². The number of ether oxygens (including phenoxy) is 1. The number of piperazine rings is 1. The van der Waals surface area contributed by atoms with Gasteiger partial charge in [0.15, 0.2) is 6.61 Å². The highest BCUT2D eigenvalue weighted by molar-refractivity contribution is 5.78. The normalized spacial score (nSPS) is 17.0. The van der Waals surface area contributed by atoms with E-state index in [1.165, 1.54) is 37.1 Å². The lowest BCUT2D eigenvalue weighted by Gasteiger charge is -2.35. The van der Waals surface area contributed by atoms with Gasteiger partial charge in [-0.3, -0.25) is 4.79 Å². The molecule has 0 radical (unpaired) electrons. The molecule has 0 spiro atoms. The Morgan fingerprint density at radius 3 is 2.38 bits per heavy atom. The molecule has 1 aromatic heterocycles. The third-order valence-electron chi connectivity index (χ3n) is 5.35. The summed E-state index contributed by atoms with van der Waals surface area (Å²) in [5, 5.41) is 0. The third-order valence-corrected chi connectivity index (χ3v) is 5.35. The molecule has 1 aromatic carbocycles. The quantitative estimate of drug-likeness (QED) is 0.769. The van der Waals surface area contributed by atoms with Gasteiger partial charge >= 0.3 is 0 Å². The first kappa shape index (κ1) is 19.4. The predicted octanol–water partition coefficient (Wildman–Crippen LogP) is 2.25. The van der Waals surface area contributed by atoms with Crippen LogP contribution < -0.4 is 14.5 Å². The predicted molar refractivity (Wildman–Crippen MR) is 109 cm³/mol. The second-order valence-electron chi connectivity index (χ2n) is 7.47. The summed E-state index contributed by atoms with van der Waals surface area (Å²) in [6.07, 6.45) is 2.42. The molecule has 2 aliphatic rings. The summed E-state index contributed by atoms with van der Waals surface area (Å²) < 4.78 is 18.4. The Kier molecular flexibility index (Phi) is 5.78. The van der Waals surface area contributed by atoms with E-state index in [4.69, 9.17) is 9.72 Å². The van der Waals surface area contributed by atoms with Crippen molar-refractivity contribution in [3.63, 3.8) is 0 Å². The van der Waals surface area contributed by atoms with Crippen molar-refractivity contribution < 1.29 is 13.9 Å². The molecule has 154 valence electrons. The molecule has 4 rings (SSSR count). The number of aryl methyl sites for hydroxylation is 1.